The fraction of sp³-hybridized carbons (Fsp3) is 0.348. The number of nitrogens with zero attached hydrogens (tertiary/aromatic N) is 2. The second-order valence-electron chi connectivity index (χ2n) is 7.77. The standard InChI is InChI=1S/C23H25N3O6S/c1-15-10-17(16(2)26(15)20-4-6-21(31-3)7-5-20)11-18(12-24)23(28)32-13-22(27)25-19-8-9-33(29,30)14-19/h4-7,10-11,19H,8-9,13-14H2,1-3H3,(H,25,27)/b18-11+. The fourth-order valence-corrected chi connectivity index (χ4v) is 5.42. The number of carbonyl (C=O) groups excluding carboxylic acids is 2. The van der Waals surface area contributed by atoms with Gasteiger partial charge in [-0.3, -0.25) is 4.79 Å². The number of amides is 1. The third-order valence-corrected chi connectivity index (χ3v) is 7.14. The molecule has 1 unspecified atom stereocenters. The normalized spacial score (nSPS) is 17.3. The first-order valence-electron chi connectivity index (χ1n) is 10.3. The van der Waals surface area contributed by atoms with E-state index in [-0.39, 0.29) is 17.1 Å². The highest BCUT2D eigenvalue weighted by Crippen LogP contribution is 2.24. The second kappa shape index (κ2) is 9.92. The molecule has 1 aromatic heterocycles. The summed E-state index contributed by atoms with van der Waals surface area (Å²) < 4.78 is 35.1. The highest BCUT2D eigenvalue weighted by atomic mass is 32.2. The second-order valence-corrected chi connectivity index (χ2v) is 10.0. The number of nitriles is 1. The van der Waals surface area contributed by atoms with Gasteiger partial charge in [0.25, 0.3) is 5.91 Å². The minimum atomic E-state index is -3.14. The van der Waals surface area contributed by atoms with Gasteiger partial charge in [-0.05, 0) is 62.2 Å². The molecule has 0 saturated carbocycles. The minimum Gasteiger partial charge on any atom is -0.497 e. The lowest BCUT2D eigenvalue weighted by atomic mass is 10.1. The van der Waals surface area contributed by atoms with Crippen molar-refractivity contribution < 1.29 is 27.5 Å². The van der Waals surface area contributed by atoms with E-state index in [2.05, 4.69) is 5.32 Å². The van der Waals surface area contributed by atoms with Crippen molar-refractivity contribution in [2.75, 3.05) is 25.2 Å². The maximum atomic E-state index is 12.4. The Morgan fingerprint density at radius 1 is 1.27 bits per heavy atom. The maximum absolute atomic E-state index is 12.4. The molecule has 2 aromatic rings. The smallest absolute Gasteiger partial charge is 0.349 e. The number of rotatable bonds is 7. The predicted octanol–water partition coefficient (Wildman–Crippen LogP) is 1.86. The van der Waals surface area contributed by atoms with E-state index in [9.17, 15) is 23.3 Å². The van der Waals surface area contributed by atoms with E-state index in [4.69, 9.17) is 9.47 Å². The maximum Gasteiger partial charge on any atom is 0.349 e. The predicted molar refractivity (Wildman–Crippen MR) is 122 cm³/mol. The fourth-order valence-electron chi connectivity index (χ4n) is 3.74. The van der Waals surface area contributed by atoms with Gasteiger partial charge in [-0.2, -0.15) is 5.26 Å². The zero-order valence-electron chi connectivity index (χ0n) is 18.6. The first kappa shape index (κ1) is 24.1. The molecule has 33 heavy (non-hydrogen) atoms. The van der Waals surface area contributed by atoms with Crippen LogP contribution in [-0.2, 0) is 24.2 Å². The third kappa shape index (κ3) is 5.81. The van der Waals surface area contributed by atoms with Crippen LogP contribution in [0, 0.1) is 25.2 Å². The summed E-state index contributed by atoms with van der Waals surface area (Å²) in [5.74, 6) is -0.913. The summed E-state index contributed by atoms with van der Waals surface area (Å²) in [6, 6.07) is 10.7. The van der Waals surface area contributed by atoms with Gasteiger partial charge in [-0.15, -0.1) is 0 Å². The minimum absolute atomic E-state index is 0.0218. The van der Waals surface area contributed by atoms with Crippen molar-refractivity contribution in [1.29, 1.82) is 5.26 Å². The number of carbonyl (C=O) groups is 2. The largest absolute Gasteiger partial charge is 0.497 e. The molecule has 1 aliphatic heterocycles. The molecule has 10 heteroatoms. The molecule has 1 aliphatic rings. The lowest BCUT2D eigenvalue weighted by Gasteiger charge is -2.11. The number of aromatic nitrogens is 1. The molecule has 9 nitrogen and oxygen atoms in total. The Labute approximate surface area is 192 Å². The van der Waals surface area contributed by atoms with Crippen molar-refractivity contribution in [2.24, 2.45) is 0 Å². The van der Waals surface area contributed by atoms with Crippen LogP contribution in [0.3, 0.4) is 0 Å². The lowest BCUT2D eigenvalue weighted by Crippen LogP contribution is -2.38. The molecule has 1 fully saturated rings. The summed E-state index contributed by atoms with van der Waals surface area (Å²) >= 11 is 0. The molecule has 0 aliphatic carbocycles. The Morgan fingerprint density at radius 3 is 2.55 bits per heavy atom. The van der Waals surface area contributed by atoms with Crippen molar-refractivity contribution >= 4 is 27.8 Å². The Balaban J connectivity index is 1.69. The first-order valence-corrected chi connectivity index (χ1v) is 12.1. The van der Waals surface area contributed by atoms with Crippen LogP contribution >= 0.6 is 0 Å². The molecular formula is C23H25N3O6S. The molecule has 174 valence electrons. The number of aryl methyl sites for hydroxylation is 1. The first-order chi connectivity index (χ1) is 15.6. The van der Waals surface area contributed by atoms with Crippen LogP contribution < -0.4 is 10.1 Å². The lowest BCUT2D eigenvalue weighted by molar-refractivity contribution is -0.144. The zero-order valence-corrected chi connectivity index (χ0v) is 19.4. The molecule has 1 saturated heterocycles. The van der Waals surface area contributed by atoms with Gasteiger partial charge in [-0.1, -0.05) is 0 Å². The summed E-state index contributed by atoms with van der Waals surface area (Å²) in [6.07, 6.45) is 1.75. The van der Waals surface area contributed by atoms with E-state index in [1.807, 2.05) is 54.8 Å². The van der Waals surface area contributed by atoms with Crippen LogP contribution in [0.1, 0.15) is 23.4 Å². The van der Waals surface area contributed by atoms with Crippen molar-refractivity contribution in [3.05, 3.63) is 52.9 Å². The van der Waals surface area contributed by atoms with Crippen molar-refractivity contribution in [3.63, 3.8) is 0 Å². The highest BCUT2D eigenvalue weighted by Gasteiger charge is 2.29. The van der Waals surface area contributed by atoms with E-state index in [1.165, 1.54) is 6.08 Å². The summed E-state index contributed by atoms with van der Waals surface area (Å²) in [6.45, 7) is 3.18. The summed E-state index contributed by atoms with van der Waals surface area (Å²) in [5.41, 5.74) is 3.04. The molecule has 2 heterocycles. The van der Waals surface area contributed by atoms with Gasteiger partial charge in [-0.25, -0.2) is 13.2 Å². The van der Waals surface area contributed by atoms with E-state index in [0.717, 1.165) is 22.8 Å². The van der Waals surface area contributed by atoms with Crippen LogP contribution in [0.5, 0.6) is 5.75 Å². The van der Waals surface area contributed by atoms with Crippen LogP contribution in [0.25, 0.3) is 11.8 Å². The van der Waals surface area contributed by atoms with E-state index < -0.39 is 34.4 Å². The van der Waals surface area contributed by atoms with E-state index in [1.54, 1.807) is 7.11 Å². The number of methoxy groups -OCH3 is 1. The number of nitrogens with one attached hydrogen (secondary N) is 1. The SMILES string of the molecule is COc1ccc(-n2c(C)cc(/C=C(\C#N)C(=O)OCC(=O)NC3CCS(=O)(=O)C3)c2C)cc1. The Bertz CT molecular complexity index is 1240. The molecule has 0 bridgehead atoms. The number of hydrogen-bond acceptors (Lipinski definition) is 7. The van der Waals surface area contributed by atoms with Gasteiger partial charge in [0.05, 0.1) is 18.6 Å². The molecule has 1 atom stereocenters. The van der Waals surface area contributed by atoms with Gasteiger partial charge in [0.2, 0.25) is 0 Å². The molecular weight excluding hydrogens is 446 g/mol. The van der Waals surface area contributed by atoms with Crippen LogP contribution in [-0.4, -0.2) is 56.1 Å². The zero-order chi connectivity index (χ0) is 24.2. The van der Waals surface area contributed by atoms with E-state index in [0.29, 0.717) is 12.0 Å². The van der Waals surface area contributed by atoms with Gasteiger partial charge in [0.15, 0.2) is 16.4 Å². The average molecular weight is 472 g/mol. The number of ether oxygens (including phenoxy) is 2. The molecule has 1 N–H and O–H groups in total. The number of hydrogen-bond donors (Lipinski definition) is 1. The Hall–Kier alpha value is -3.58. The number of benzene rings is 1. The van der Waals surface area contributed by atoms with E-state index >= 15 is 0 Å². The number of esters is 1. The van der Waals surface area contributed by atoms with Crippen molar-refractivity contribution in [1.82, 2.24) is 9.88 Å². The topological polar surface area (TPSA) is 127 Å². The monoisotopic (exact) mass is 471 g/mol. The summed E-state index contributed by atoms with van der Waals surface area (Å²) in [4.78, 5) is 24.3. The summed E-state index contributed by atoms with van der Waals surface area (Å²) in [5, 5.41) is 12.0. The van der Waals surface area contributed by atoms with Gasteiger partial charge in [0.1, 0.15) is 17.4 Å². The van der Waals surface area contributed by atoms with Crippen LogP contribution in [0.4, 0.5) is 0 Å². The van der Waals surface area contributed by atoms with Crippen molar-refractivity contribution in [2.45, 2.75) is 26.3 Å². The van der Waals surface area contributed by atoms with Crippen LogP contribution in [0.2, 0.25) is 0 Å². The number of sulfone groups is 1. The Morgan fingerprint density at radius 2 is 1.97 bits per heavy atom. The molecule has 3 rings (SSSR count). The van der Waals surface area contributed by atoms with Crippen LogP contribution in [0.15, 0.2) is 35.9 Å². The summed E-state index contributed by atoms with van der Waals surface area (Å²) in [7, 11) is -1.54. The molecule has 1 amide bonds. The van der Waals surface area contributed by atoms with Crippen molar-refractivity contribution in [3.8, 4) is 17.5 Å². The highest BCUT2D eigenvalue weighted by molar-refractivity contribution is 7.91. The average Bonchev–Trinajstić information content (AvgIpc) is 3.27. The molecule has 0 spiro atoms. The van der Waals surface area contributed by atoms with Gasteiger partial charge < -0.3 is 19.4 Å². The van der Waals surface area contributed by atoms with Gasteiger partial charge >= 0.3 is 5.97 Å². The third-order valence-electron chi connectivity index (χ3n) is 5.37. The molecule has 1 aromatic carbocycles. The molecule has 0 radical (unpaired) electrons. The van der Waals surface area contributed by atoms with Gasteiger partial charge in [0, 0.05) is 23.1 Å². The Kier molecular flexibility index (Phi) is 7.23. The quantitative estimate of drug-likeness (QED) is 0.371.